The summed E-state index contributed by atoms with van der Waals surface area (Å²) in [5.74, 6) is -0.215. The first-order chi connectivity index (χ1) is 10.1. The Morgan fingerprint density at radius 1 is 1.19 bits per heavy atom. The third kappa shape index (κ3) is 2.56. The number of nitrogens with one attached hydrogen (secondary N) is 1. The molecule has 104 valence electrons. The summed E-state index contributed by atoms with van der Waals surface area (Å²) in [5, 5.41) is 4.84. The van der Waals surface area contributed by atoms with Gasteiger partial charge in [-0.1, -0.05) is 23.8 Å². The number of rotatable bonds is 2. The Bertz CT molecular complexity index is 822. The smallest absolute Gasteiger partial charge is 0.257 e. The van der Waals surface area contributed by atoms with E-state index in [1.165, 1.54) is 0 Å². The van der Waals surface area contributed by atoms with Gasteiger partial charge in [0.15, 0.2) is 0 Å². The van der Waals surface area contributed by atoms with E-state index < -0.39 is 0 Å². The van der Waals surface area contributed by atoms with Crippen molar-refractivity contribution in [2.45, 2.75) is 6.92 Å². The molecular weight excluding hydrogens is 262 g/mol. The number of hydrogen-bond acceptors (Lipinski definition) is 3. The number of carbonyl (C=O) groups is 1. The minimum atomic E-state index is -0.215. The van der Waals surface area contributed by atoms with Crippen LogP contribution >= 0.6 is 0 Å². The molecule has 0 spiro atoms. The number of fused-ring (bicyclic) bond motifs is 1. The second-order valence-corrected chi connectivity index (χ2v) is 4.95. The first kappa shape index (κ1) is 13.1. The molecule has 0 unspecified atom stereocenters. The van der Waals surface area contributed by atoms with E-state index in [0.29, 0.717) is 11.3 Å². The van der Waals surface area contributed by atoms with Gasteiger partial charge in [0.25, 0.3) is 5.91 Å². The van der Waals surface area contributed by atoms with Gasteiger partial charge in [-0.3, -0.25) is 9.78 Å². The molecule has 0 bridgehead atoms. The van der Waals surface area contributed by atoms with Crippen molar-refractivity contribution in [3.63, 3.8) is 0 Å². The summed E-state index contributed by atoms with van der Waals surface area (Å²) in [6.07, 6.45) is 3.47. The van der Waals surface area contributed by atoms with Crippen LogP contribution in [0.25, 0.3) is 10.8 Å². The number of aromatic nitrogens is 1. The molecule has 0 radical (unpaired) electrons. The Morgan fingerprint density at radius 3 is 2.90 bits per heavy atom. The fourth-order valence-electron chi connectivity index (χ4n) is 2.28. The zero-order valence-corrected chi connectivity index (χ0v) is 11.6. The van der Waals surface area contributed by atoms with Crippen molar-refractivity contribution in [3.8, 4) is 0 Å². The maximum atomic E-state index is 12.4. The van der Waals surface area contributed by atoms with Crippen molar-refractivity contribution in [1.29, 1.82) is 0 Å². The summed E-state index contributed by atoms with van der Waals surface area (Å²) in [6, 6.07) is 13.1. The highest BCUT2D eigenvalue weighted by molar-refractivity contribution is 6.11. The van der Waals surface area contributed by atoms with Crippen molar-refractivity contribution < 1.29 is 4.79 Å². The number of anilines is 2. The van der Waals surface area contributed by atoms with Crippen LogP contribution in [0.4, 0.5) is 11.4 Å². The minimum absolute atomic E-state index is 0.215. The summed E-state index contributed by atoms with van der Waals surface area (Å²) < 4.78 is 0. The number of nitrogens with two attached hydrogens (primary N) is 1. The van der Waals surface area contributed by atoms with Crippen molar-refractivity contribution in [3.05, 3.63) is 66.0 Å². The van der Waals surface area contributed by atoms with E-state index in [0.717, 1.165) is 22.0 Å². The number of nitrogen functional groups attached to an aromatic ring is 1. The van der Waals surface area contributed by atoms with Crippen LogP contribution in [0.15, 0.2) is 54.9 Å². The molecule has 4 nitrogen and oxygen atoms in total. The normalized spacial score (nSPS) is 10.5. The third-order valence-electron chi connectivity index (χ3n) is 3.39. The van der Waals surface area contributed by atoms with Crippen LogP contribution in [-0.2, 0) is 0 Å². The zero-order chi connectivity index (χ0) is 14.8. The number of amides is 1. The molecule has 1 heterocycles. The predicted octanol–water partition coefficient (Wildman–Crippen LogP) is 3.38. The van der Waals surface area contributed by atoms with E-state index in [1.807, 2.05) is 37.3 Å². The molecular formula is C17H15N3O. The van der Waals surface area contributed by atoms with E-state index in [-0.39, 0.29) is 5.91 Å². The van der Waals surface area contributed by atoms with Crippen molar-refractivity contribution in [2.24, 2.45) is 0 Å². The van der Waals surface area contributed by atoms with Crippen LogP contribution in [0.2, 0.25) is 0 Å². The quantitative estimate of drug-likeness (QED) is 0.706. The first-order valence-corrected chi connectivity index (χ1v) is 6.65. The molecule has 0 aliphatic heterocycles. The zero-order valence-electron chi connectivity index (χ0n) is 11.6. The molecule has 3 aromatic rings. The third-order valence-corrected chi connectivity index (χ3v) is 3.39. The molecule has 0 atom stereocenters. The second-order valence-electron chi connectivity index (χ2n) is 4.95. The van der Waals surface area contributed by atoms with E-state index in [2.05, 4.69) is 10.3 Å². The molecule has 0 saturated carbocycles. The maximum absolute atomic E-state index is 12.4. The SMILES string of the molecule is Cc1ccc(N)c(C(=O)Nc2cccc3ccncc23)c1. The number of pyridine rings is 1. The first-order valence-electron chi connectivity index (χ1n) is 6.65. The molecule has 0 saturated heterocycles. The molecule has 21 heavy (non-hydrogen) atoms. The van der Waals surface area contributed by atoms with Crippen LogP contribution in [0.5, 0.6) is 0 Å². The summed E-state index contributed by atoms with van der Waals surface area (Å²) in [5.41, 5.74) is 8.56. The average Bonchev–Trinajstić information content (AvgIpc) is 2.50. The van der Waals surface area contributed by atoms with Crippen molar-refractivity contribution >= 4 is 28.1 Å². The highest BCUT2D eigenvalue weighted by Gasteiger charge is 2.11. The lowest BCUT2D eigenvalue weighted by atomic mass is 10.1. The van der Waals surface area contributed by atoms with Gasteiger partial charge < -0.3 is 11.1 Å². The van der Waals surface area contributed by atoms with E-state index >= 15 is 0 Å². The highest BCUT2D eigenvalue weighted by atomic mass is 16.1. The molecule has 0 aliphatic rings. The van der Waals surface area contributed by atoms with E-state index in [9.17, 15) is 4.79 Å². The molecule has 2 aromatic carbocycles. The topological polar surface area (TPSA) is 68.0 Å². The number of nitrogens with zero attached hydrogens (tertiary/aromatic N) is 1. The number of hydrogen-bond donors (Lipinski definition) is 2. The monoisotopic (exact) mass is 277 g/mol. The standard InChI is InChI=1S/C17H15N3O/c1-11-5-6-15(18)13(9-11)17(21)20-16-4-2-3-12-7-8-19-10-14(12)16/h2-10H,18H2,1H3,(H,20,21). The van der Waals surface area contributed by atoms with Gasteiger partial charge in [0.2, 0.25) is 0 Å². The molecule has 3 rings (SSSR count). The Hall–Kier alpha value is -2.88. The number of aryl methyl sites for hydroxylation is 1. The molecule has 4 heteroatoms. The Balaban J connectivity index is 1.99. The lowest BCUT2D eigenvalue weighted by Gasteiger charge is -2.10. The van der Waals surface area contributed by atoms with Crippen molar-refractivity contribution in [2.75, 3.05) is 11.1 Å². The van der Waals surface area contributed by atoms with E-state index in [4.69, 9.17) is 5.73 Å². The van der Waals surface area contributed by atoms with Gasteiger partial charge in [-0.2, -0.15) is 0 Å². The van der Waals surface area contributed by atoms with Gasteiger partial charge in [-0.05, 0) is 36.6 Å². The van der Waals surface area contributed by atoms with Crippen LogP contribution in [0.3, 0.4) is 0 Å². The van der Waals surface area contributed by atoms with E-state index in [1.54, 1.807) is 24.5 Å². The Labute approximate surface area is 122 Å². The summed E-state index contributed by atoms with van der Waals surface area (Å²) in [4.78, 5) is 16.5. The summed E-state index contributed by atoms with van der Waals surface area (Å²) >= 11 is 0. The molecule has 1 aromatic heterocycles. The molecule has 0 aliphatic carbocycles. The van der Waals surface area contributed by atoms with Gasteiger partial charge in [0.1, 0.15) is 0 Å². The fraction of sp³-hybridized carbons (Fsp3) is 0.0588. The van der Waals surface area contributed by atoms with Gasteiger partial charge in [-0.25, -0.2) is 0 Å². The van der Waals surface area contributed by atoms with Gasteiger partial charge in [-0.15, -0.1) is 0 Å². The maximum Gasteiger partial charge on any atom is 0.257 e. The van der Waals surface area contributed by atoms with Crippen molar-refractivity contribution in [1.82, 2.24) is 4.98 Å². The molecule has 1 amide bonds. The number of carbonyl (C=O) groups excluding carboxylic acids is 1. The molecule has 3 N–H and O–H groups in total. The fourth-order valence-corrected chi connectivity index (χ4v) is 2.28. The van der Waals surface area contributed by atoms with Crippen LogP contribution < -0.4 is 11.1 Å². The Morgan fingerprint density at radius 2 is 2.05 bits per heavy atom. The van der Waals surface area contributed by atoms with Gasteiger partial charge >= 0.3 is 0 Å². The minimum Gasteiger partial charge on any atom is -0.398 e. The lowest BCUT2D eigenvalue weighted by Crippen LogP contribution is -2.14. The van der Waals surface area contributed by atoms with Gasteiger partial charge in [0, 0.05) is 23.5 Å². The number of benzene rings is 2. The van der Waals surface area contributed by atoms with Gasteiger partial charge in [0.05, 0.1) is 11.3 Å². The largest absolute Gasteiger partial charge is 0.398 e. The van der Waals surface area contributed by atoms with Crippen LogP contribution in [-0.4, -0.2) is 10.9 Å². The predicted molar refractivity (Wildman–Crippen MR) is 85.3 cm³/mol. The van der Waals surface area contributed by atoms with Crippen LogP contribution in [0.1, 0.15) is 15.9 Å². The average molecular weight is 277 g/mol. The second kappa shape index (κ2) is 5.25. The lowest BCUT2D eigenvalue weighted by molar-refractivity contribution is 0.102. The highest BCUT2D eigenvalue weighted by Crippen LogP contribution is 2.23. The summed E-state index contributed by atoms with van der Waals surface area (Å²) in [6.45, 7) is 1.93. The Kier molecular flexibility index (Phi) is 3.28. The molecule has 0 fully saturated rings. The summed E-state index contributed by atoms with van der Waals surface area (Å²) in [7, 11) is 0. The van der Waals surface area contributed by atoms with Crippen LogP contribution in [0, 0.1) is 6.92 Å².